The summed E-state index contributed by atoms with van der Waals surface area (Å²) in [6, 6.07) is 14.4. The molecule has 1 amide bonds. The lowest BCUT2D eigenvalue weighted by molar-refractivity contribution is -0.146. The van der Waals surface area contributed by atoms with Crippen molar-refractivity contribution in [2.45, 2.75) is 25.3 Å². The summed E-state index contributed by atoms with van der Waals surface area (Å²) in [4.78, 5) is 19.3. The highest BCUT2D eigenvalue weighted by molar-refractivity contribution is 5.83. The van der Waals surface area contributed by atoms with Crippen LogP contribution < -0.4 is 0 Å². The van der Waals surface area contributed by atoms with Gasteiger partial charge in [0.1, 0.15) is 6.04 Å². The second-order valence-electron chi connectivity index (χ2n) is 8.05. The zero-order valence-corrected chi connectivity index (χ0v) is 17.0. The molecule has 0 aromatic heterocycles. The van der Waals surface area contributed by atoms with Gasteiger partial charge in [0.15, 0.2) is 0 Å². The SMILES string of the molecule is N#Cc1cccc(CN2CCN3CCN(Cc4ccc(C(F)(F)F)cc4)C(=O)[C@H]3C2)c1. The average Bonchev–Trinajstić information content (AvgIpc) is 2.76. The fourth-order valence-corrected chi connectivity index (χ4v) is 4.27. The number of rotatable bonds is 4. The molecule has 2 aliphatic rings. The predicted octanol–water partition coefficient (Wildman–Crippen LogP) is 3.11. The fourth-order valence-electron chi connectivity index (χ4n) is 4.27. The third kappa shape index (κ3) is 4.89. The summed E-state index contributed by atoms with van der Waals surface area (Å²) < 4.78 is 38.3. The highest BCUT2D eigenvalue weighted by Gasteiger charge is 2.38. The number of carbonyl (C=O) groups is 1. The monoisotopic (exact) mass is 428 g/mol. The zero-order valence-electron chi connectivity index (χ0n) is 17.0. The first-order valence-electron chi connectivity index (χ1n) is 10.2. The number of alkyl halides is 3. The number of hydrogen-bond acceptors (Lipinski definition) is 4. The van der Waals surface area contributed by atoms with Crippen molar-refractivity contribution in [2.24, 2.45) is 0 Å². The molecule has 4 rings (SSSR count). The number of nitriles is 1. The largest absolute Gasteiger partial charge is 0.416 e. The van der Waals surface area contributed by atoms with Crippen molar-refractivity contribution in [3.8, 4) is 6.07 Å². The number of carbonyl (C=O) groups excluding carboxylic acids is 1. The number of halogens is 3. The van der Waals surface area contributed by atoms with Gasteiger partial charge in [-0.25, -0.2) is 0 Å². The minimum Gasteiger partial charge on any atom is -0.336 e. The zero-order chi connectivity index (χ0) is 22.0. The van der Waals surface area contributed by atoms with E-state index in [9.17, 15) is 18.0 Å². The molecule has 0 spiro atoms. The third-order valence-electron chi connectivity index (χ3n) is 5.95. The van der Waals surface area contributed by atoms with Gasteiger partial charge in [0.05, 0.1) is 17.2 Å². The lowest BCUT2D eigenvalue weighted by Crippen LogP contribution is -2.64. The standard InChI is InChI=1S/C23H23F3N4O/c24-23(25,26)20-6-4-17(5-7-20)15-30-11-10-29-9-8-28(16-21(29)22(30)31)14-19-3-1-2-18(12-19)13-27/h1-7,12,21H,8-11,14-16H2/t21-/m1/s1. The first-order chi connectivity index (χ1) is 14.8. The van der Waals surface area contributed by atoms with E-state index in [0.717, 1.165) is 37.3 Å². The molecule has 2 aromatic carbocycles. The Morgan fingerprint density at radius 1 is 0.968 bits per heavy atom. The molecule has 2 fully saturated rings. The molecule has 2 aliphatic heterocycles. The van der Waals surface area contributed by atoms with Gasteiger partial charge in [-0.3, -0.25) is 14.6 Å². The van der Waals surface area contributed by atoms with E-state index < -0.39 is 11.7 Å². The summed E-state index contributed by atoms with van der Waals surface area (Å²) >= 11 is 0. The molecule has 5 nitrogen and oxygen atoms in total. The van der Waals surface area contributed by atoms with E-state index in [1.807, 2.05) is 18.2 Å². The van der Waals surface area contributed by atoms with Crippen LogP contribution in [0.4, 0.5) is 13.2 Å². The van der Waals surface area contributed by atoms with E-state index in [4.69, 9.17) is 5.26 Å². The van der Waals surface area contributed by atoms with Crippen LogP contribution in [0.25, 0.3) is 0 Å². The highest BCUT2D eigenvalue weighted by atomic mass is 19.4. The smallest absolute Gasteiger partial charge is 0.336 e. The predicted molar refractivity (Wildman–Crippen MR) is 109 cm³/mol. The van der Waals surface area contributed by atoms with E-state index in [2.05, 4.69) is 15.9 Å². The van der Waals surface area contributed by atoms with Gasteiger partial charge in [-0.2, -0.15) is 18.4 Å². The minimum absolute atomic E-state index is 0.0154. The number of nitrogens with zero attached hydrogens (tertiary/aromatic N) is 4. The summed E-state index contributed by atoms with van der Waals surface area (Å²) in [5, 5.41) is 9.09. The fraction of sp³-hybridized carbons (Fsp3) is 0.391. The molecule has 2 saturated heterocycles. The number of amides is 1. The number of hydrogen-bond donors (Lipinski definition) is 0. The number of piperazine rings is 2. The normalized spacial score (nSPS) is 20.4. The maximum Gasteiger partial charge on any atom is 0.416 e. The molecule has 0 unspecified atom stereocenters. The van der Waals surface area contributed by atoms with Gasteiger partial charge >= 0.3 is 6.18 Å². The van der Waals surface area contributed by atoms with E-state index in [0.29, 0.717) is 37.3 Å². The highest BCUT2D eigenvalue weighted by Crippen LogP contribution is 2.29. The maximum atomic E-state index is 13.1. The van der Waals surface area contributed by atoms with Gasteiger partial charge in [0, 0.05) is 45.8 Å². The van der Waals surface area contributed by atoms with Crippen molar-refractivity contribution in [1.82, 2.24) is 14.7 Å². The lowest BCUT2D eigenvalue weighted by Gasteiger charge is -2.46. The van der Waals surface area contributed by atoms with Gasteiger partial charge in [-0.1, -0.05) is 24.3 Å². The summed E-state index contributed by atoms with van der Waals surface area (Å²) in [5.74, 6) is 0.0154. The molecule has 2 heterocycles. The molecule has 2 aromatic rings. The summed E-state index contributed by atoms with van der Waals surface area (Å²) in [6.07, 6.45) is -4.36. The topological polar surface area (TPSA) is 50.6 Å². The van der Waals surface area contributed by atoms with Crippen LogP contribution in [0.15, 0.2) is 48.5 Å². The minimum atomic E-state index is -4.36. The lowest BCUT2D eigenvalue weighted by atomic mass is 10.0. The molecular formula is C23H23F3N4O. The first kappa shape index (κ1) is 21.3. The van der Waals surface area contributed by atoms with Crippen molar-refractivity contribution in [2.75, 3.05) is 32.7 Å². The van der Waals surface area contributed by atoms with Crippen LogP contribution in [0, 0.1) is 11.3 Å². The van der Waals surface area contributed by atoms with Gasteiger partial charge in [-0.05, 0) is 35.4 Å². The van der Waals surface area contributed by atoms with Crippen molar-refractivity contribution in [3.63, 3.8) is 0 Å². The second kappa shape index (κ2) is 8.69. The van der Waals surface area contributed by atoms with E-state index in [1.54, 1.807) is 11.0 Å². The van der Waals surface area contributed by atoms with Gasteiger partial charge in [0.25, 0.3) is 0 Å². The Kier molecular flexibility index (Phi) is 5.99. The Labute approximate surface area is 179 Å². The molecule has 8 heteroatoms. The Morgan fingerprint density at radius 3 is 2.42 bits per heavy atom. The number of benzene rings is 2. The molecule has 0 aliphatic carbocycles. The van der Waals surface area contributed by atoms with Crippen LogP contribution >= 0.6 is 0 Å². The van der Waals surface area contributed by atoms with Crippen LogP contribution in [0.3, 0.4) is 0 Å². The quantitative estimate of drug-likeness (QED) is 0.751. The molecule has 31 heavy (non-hydrogen) atoms. The van der Waals surface area contributed by atoms with Crippen LogP contribution in [0.1, 0.15) is 22.3 Å². The number of fused-ring (bicyclic) bond motifs is 1. The Bertz CT molecular complexity index is 984. The van der Waals surface area contributed by atoms with Crippen LogP contribution in [-0.2, 0) is 24.1 Å². The molecule has 1 atom stereocenters. The second-order valence-corrected chi connectivity index (χ2v) is 8.05. The maximum absolute atomic E-state index is 13.1. The molecule has 0 radical (unpaired) electrons. The first-order valence-corrected chi connectivity index (χ1v) is 10.2. The summed E-state index contributed by atoms with van der Waals surface area (Å²) in [5.41, 5.74) is 1.66. The van der Waals surface area contributed by atoms with Crippen LogP contribution in [-0.4, -0.2) is 59.4 Å². The van der Waals surface area contributed by atoms with Crippen molar-refractivity contribution < 1.29 is 18.0 Å². The van der Waals surface area contributed by atoms with Gasteiger partial charge in [0.2, 0.25) is 5.91 Å². The third-order valence-corrected chi connectivity index (χ3v) is 5.95. The van der Waals surface area contributed by atoms with Gasteiger partial charge < -0.3 is 4.90 Å². The van der Waals surface area contributed by atoms with Crippen molar-refractivity contribution >= 4 is 5.91 Å². The summed E-state index contributed by atoms with van der Waals surface area (Å²) in [7, 11) is 0. The van der Waals surface area contributed by atoms with Crippen molar-refractivity contribution in [3.05, 3.63) is 70.8 Å². The Balaban J connectivity index is 1.40. The average molecular weight is 428 g/mol. The van der Waals surface area contributed by atoms with Crippen LogP contribution in [0.2, 0.25) is 0 Å². The molecule has 162 valence electrons. The Morgan fingerprint density at radius 2 is 1.71 bits per heavy atom. The summed E-state index contributed by atoms with van der Waals surface area (Å²) in [6.45, 7) is 4.55. The Hall–Kier alpha value is -2.89. The van der Waals surface area contributed by atoms with Gasteiger partial charge in [-0.15, -0.1) is 0 Å². The molecule has 0 saturated carbocycles. The van der Waals surface area contributed by atoms with E-state index in [1.165, 1.54) is 12.1 Å². The van der Waals surface area contributed by atoms with E-state index in [-0.39, 0.29) is 11.9 Å². The molecule has 0 bridgehead atoms. The van der Waals surface area contributed by atoms with Crippen LogP contribution in [0.5, 0.6) is 0 Å². The van der Waals surface area contributed by atoms with E-state index >= 15 is 0 Å². The molecule has 0 N–H and O–H groups in total. The molecular weight excluding hydrogens is 405 g/mol. The van der Waals surface area contributed by atoms with Crippen molar-refractivity contribution in [1.29, 1.82) is 5.26 Å².